The van der Waals surface area contributed by atoms with Gasteiger partial charge in [-0.3, -0.25) is 0 Å². The Hall–Kier alpha value is -3.63. The molecule has 0 heterocycles. The third-order valence-electron chi connectivity index (χ3n) is 5.14. The Morgan fingerprint density at radius 2 is 1.24 bits per heavy atom. The van der Waals surface area contributed by atoms with Crippen molar-refractivity contribution in [3.05, 3.63) is 99.9 Å². The summed E-state index contributed by atoms with van der Waals surface area (Å²) in [5.41, 5.74) is 2.28. The van der Waals surface area contributed by atoms with Crippen molar-refractivity contribution in [2.75, 3.05) is 7.11 Å². The number of benzene rings is 3. The lowest BCUT2D eigenvalue weighted by molar-refractivity contribution is 0.386. The summed E-state index contributed by atoms with van der Waals surface area (Å²) in [5, 5.41) is 0. The second-order valence-electron chi connectivity index (χ2n) is 7.67. The molecule has 0 N–H and O–H groups in total. The van der Waals surface area contributed by atoms with Crippen LogP contribution in [0.4, 0.5) is 13.2 Å². The van der Waals surface area contributed by atoms with Gasteiger partial charge in [0.25, 0.3) is 0 Å². The highest BCUT2D eigenvalue weighted by Gasteiger charge is 2.09. The van der Waals surface area contributed by atoms with Crippen LogP contribution in [0.5, 0.6) is 5.75 Å². The van der Waals surface area contributed by atoms with Crippen molar-refractivity contribution in [1.29, 1.82) is 0 Å². The van der Waals surface area contributed by atoms with Crippen molar-refractivity contribution in [3.8, 4) is 29.4 Å². The van der Waals surface area contributed by atoms with Crippen molar-refractivity contribution in [2.45, 2.75) is 39.0 Å². The first-order chi connectivity index (χ1) is 16.0. The molecule has 0 fully saturated rings. The van der Waals surface area contributed by atoms with Gasteiger partial charge in [0, 0.05) is 16.7 Å². The lowest BCUT2D eigenvalue weighted by Crippen LogP contribution is -1.95. The highest BCUT2D eigenvalue weighted by Crippen LogP contribution is 2.18. The van der Waals surface area contributed by atoms with E-state index >= 15 is 0 Å². The van der Waals surface area contributed by atoms with E-state index in [0.717, 1.165) is 25.7 Å². The van der Waals surface area contributed by atoms with Gasteiger partial charge in [0.15, 0.2) is 11.6 Å². The molecule has 0 aromatic heterocycles. The molecule has 0 spiro atoms. The van der Waals surface area contributed by atoms with Crippen molar-refractivity contribution < 1.29 is 17.9 Å². The maximum absolute atomic E-state index is 14.4. The predicted molar refractivity (Wildman–Crippen MR) is 126 cm³/mol. The minimum atomic E-state index is -0.637. The lowest BCUT2D eigenvalue weighted by Gasteiger charge is -2.04. The smallest absolute Gasteiger partial charge is 0.166 e. The van der Waals surface area contributed by atoms with Gasteiger partial charge in [-0.25, -0.2) is 13.2 Å². The van der Waals surface area contributed by atoms with Gasteiger partial charge in [0.05, 0.1) is 12.7 Å². The van der Waals surface area contributed by atoms with E-state index in [1.165, 1.54) is 31.4 Å². The zero-order valence-corrected chi connectivity index (χ0v) is 18.8. The molecule has 3 aromatic carbocycles. The summed E-state index contributed by atoms with van der Waals surface area (Å²) in [5.74, 6) is 9.67. The molecule has 168 valence electrons. The Bertz CT molecular complexity index is 1200. The van der Waals surface area contributed by atoms with Gasteiger partial charge in [-0.05, 0) is 73.0 Å². The molecule has 3 rings (SSSR count). The van der Waals surface area contributed by atoms with Crippen molar-refractivity contribution in [3.63, 3.8) is 0 Å². The number of halogens is 3. The maximum Gasteiger partial charge on any atom is 0.166 e. The van der Waals surface area contributed by atoms with E-state index in [9.17, 15) is 13.2 Å². The molecule has 0 amide bonds. The molecular formula is C29H25F3O. The van der Waals surface area contributed by atoms with E-state index in [2.05, 4.69) is 30.6 Å². The average Bonchev–Trinajstić information content (AvgIpc) is 2.81. The van der Waals surface area contributed by atoms with Crippen LogP contribution in [0, 0.1) is 41.1 Å². The fourth-order valence-electron chi connectivity index (χ4n) is 3.31. The largest absolute Gasteiger partial charge is 0.494 e. The summed E-state index contributed by atoms with van der Waals surface area (Å²) in [6.45, 7) is 2.12. The first-order valence-corrected chi connectivity index (χ1v) is 11.0. The highest BCUT2D eigenvalue weighted by atomic mass is 19.1. The molecular weight excluding hydrogens is 421 g/mol. The third kappa shape index (κ3) is 6.93. The standard InChI is InChI=1S/C29H25F3O/c1-3-4-5-6-7-24-19-26(30)25(27(31)20-24)16-14-22-10-8-21(9-11-22)12-13-23-15-17-29(33-2)28(32)18-23/h8-11,15,17-20H,3-7H2,1-2H3. The van der Waals surface area contributed by atoms with Crippen molar-refractivity contribution >= 4 is 0 Å². The molecule has 3 aromatic rings. The molecule has 33 heavy (non-hydrogen) atoms. The summed E-state index contributed by atoms with van der Waals surface area (Å²) in [6, 6.07) is 14.2. The highest BCUT2D eigenvalue weighted by molar-refractivity contribution is 5.49. The van der Waals surface area contributed by atoms with Crippen LogP contribution in [0.3, 0.4) is 0 Å². The topological polar surface area (TPSA) is 9.23 Å². The van der Waals surface area contributed by atoms with Crippen LogP contribution < -0.4 is 4.74 Å². The molecule has 0 aliphatic heterocycles. The van der Waals surface area contributed by atoms with E-state index in [0.29, 0.717) is 28.7 Å². The SMILES string of the molecule is CCCCCCc1cc(F)c(C#Cc2ccc(C#Cc3ccc(OC)c(F)c3)cc2)c(F)c1. The second-order valence-corrected chi connectivity index (χ2v) is 7.67. The van der Waals surface area contributed by atoms with Gasteiger partial charge in [-0.15, -0.1) is 0 Å². The zero-order valence-electron chi connectivity index (χ0n) is 18.8. The van der Waals surface area contributed by atoms with Gasteiger partial charge in [0.2, 0.25) is 0 Å². The first kappa shape index (κ1) is 24.0. The van der Waals surface area contributed by atoms with Gasteiger partial charge in [0.1, 0.15) is 11.6 Å². The molecule has 0 bridgehead atoms. The minimum Gasteiger partial charge on any atom is -0.494 e. The number of methoxy groups -OCH3 is 1. The molecule has 0 aliphatic carbocycles. The van der Waals surface area contributed by atoms with Crippen molar-refractivity contribution in [1.82, 2.24) is 0 Å². The Kier molecular flexibility index (Phi) is 8.62. The van der Waals surface area contributed by atoms with Gasteiger partial charge < -0.3 is 4.74 Å². The minimum absolute atomic E-state index is 0.165. The molecule has 0 saturated heterocycles. The summed E-state index contributed by atoms with van der Waals surface area (Å²) in [4.78, 5) is 0. The van der Waals surface area contributed by atoms with Gasteiger partial charge >= 0.3 is 0 Å². The Morgan fingerprint density at radius 3 is 1.82 bits per heavy atom. The van der Waals surface area contributed by atoms with Crippen LogP contribution in [-0.2, 0) is 6.42 Å². The quantitative estimate of drug-likeness (QED) is 0.292. The van der Waals surface area contributed by atoms with Crippen LogP contribution in [0.25, 0.3) is 0 Å². The summed E-state index contributed by atoms with van der Waals surface area (Å²) < 4.78 is 47.4. The molecule has 4 heteroatoms. The van der Waals surface area contributed by atoms with Crippen LogP contribution in [0.15, 0.2) is 54.6 Å². The molecule has 1 nitrogen and oxygen atoms in total. The molecule has 0 radical (unpaired) electrons. The first-order valence-electron chi connectivity index (χ1n) is 11.0. The van der Waals surface area contributed by atoms with Crippen LogP contribution in [0.2, 0.25) is 0 Å². The predicted octanol–water partition coefficient (Wildman–Crippen LogP) is 7.03. The van der Waals surface area contributed by atoms with Crippen LogP contribution >= 0.6 is 0 Å². The number of aryl methyl sites for hydroxylation is 1. The van der Waals surface area contributed by atoms with Crippen LogP contribution in [0.1, 0.15) is 60.4 Å². The monoisotopic (exact) mass is 446 g/mol. The number of unbranched alkanes of at least 4 members (excludes halogenated alkanes) is 3. The summed E-state index contributed by atoms with van der Waals surface area (Å²) >= 11 is 0. The van der Waals surface area contributed by atoms with E-state index in [-0.39, 0.29) is 11.3 Å². The van der Waals surface area contributed by atoms with Gasteiger partial charge in [-0.2, -0.15) is 0 Å². The van der Waals surface area contributed by atoms with Crippen LogP contribution in [-0.4, -0.2) is 7.11 Å². The van der Waals surface area contributed by atoms with E-state index < -0.39 is 17.5 Å². The third-order valence-corrected chi connectivity index (χ3v) is 5.14. The summed E-state index contributed by atoms with van der Waals surface area (Å²) in [7, 11) is 1.40. The molecule has 0 saturated carbocycles. The fraction of sp³-hybridized carbons (Fsp3) is 0.241. The number of hydrogen-bond donors (Lipinski definition) is 0. The number of ether oxygens (including phenoxy) is 1. The zero-order chi connectivity index (χ0) is 23.6. The number of hydrogen-bond acceptors (Lipinski definition) is 1. The molecule has 0 atom stereocenters. The normalized spacial score (nSPS) is 10.1. The van der Waals surface area contributed by atoms with E-state index in [4.69, 9.17) is 4.74 Å². The second kappa shape index (κ2) is 11.8. The molecule has 0 aliphatic rings. The maximum atomic E-state index is 14.4. The lowest BCUT2D eigenvalue weighted by atomic mass is 10.0. The Balaban J connectivity index is 1.69. The Labute approximate surface area is 193 Å². The number of rotatable bonds is 6. The van der Waals surface area contributed by atoms with E-state index in [1.807, 2.05) is 0 Å². The van der Waals surface area contributed by atoms with E-state index in [1.54, 1.807) is 30.3 Å². The van der Waals surface area contributed by atoms with Crippen molar-refractivity contribution in [2.24, 2.45) is 0 Å². The molecule has 0 unspecified atom stereocenters. The summed E-state index contributed by atoms with van der Waals surface area (Å²) in [6.07, 6.45) is 4.87. The van der Waals surface area contributed by atoms with Gasteiger partial charge in [-0.1, -0.05) is 49.9 Å². The average molecular weight is 447 g/mol. The fourth-order valence-corrected chi connectivity index (χ4v) is 3.31. The Morgan fingerprint density at radius 1 is 0.667 bits per heavy atom.